The first kappa shape index (κ1) is 24.5. The number of fused-ring (bicyclic) bond motifs is 1. The number of halogens is 4. The van der Waals surface area contributed by atoms with Crippen LogP contribution in [0.3, 0.4) is 0 Å². The molecule has 0 aromatic heterocycles. The maximum atomic E-state index is 15.7. The largest absolute Gasteiger partial charge is 0.497 e. The van der Waals surface area contributed by atoms with E-state index >= 15 is 4.39 Å². The predicted molar refractivity (Wildman–Crippen MR) is 126 cm³/mol. The molecular formula is C24H21ClF3N3O4. The zero-order chi connectivity index (χ0) is 25.4. The van der Waals surface area contributed by atoms with E-state index in [0.29, 0.717) is 16.7 Å². The van der Waals surface area contributed by atoms with Gasteiger partial charge in [0.25, 0.3) is 12.3 Å². The van der Waals surface area contributed by atoms with Crippen molar-refractivity contribution in [1.29, 1.82) is 0 Å². The number of rotatable bonds is 4. The second kappa shape index (κ2) is 9.53. The van der Waals surface area contributed by atoms with Crippen molar-refractivity contribution in [2.75, 3.05) is 32.5 Å². The maximum Gasteiger partial charge on any atom is 0.407 e. The Hall–Kier alpha value is -3.66. The molecule has 3 aromatic rings. The van der Waals surface area contributed by atoms with E-state index in [4.69, 9.17) is 27.2 Å². The number of anilines is 1. The van der Waals surface area contributed by atoms with E-state index in [1.165, 1.54) is 7.11 Å². The van der Waals surface area contributed by atoms with Crippen LogP contribution in [0.25, 0.3) is 21.9 Å². The highest BCUT2D eigenvalue weighted by atomic mass is 35.5. The molecule has 2 amide bonds. The van der Waals surface area contributed by atoms with Gasteiger partial charge >= 0.3 is 6.09 Å². The first-order valence-corrected chi connectivity index (χ1v) is 10.9. The molecule has 35 heavy (non-hydrogen) atoms. The van der Waals surface area contributed by atoms with Gasteiger partial charge in [0, 0.05) is 18.7 Å². The summed E-state index contributed by atoms with van der Waals surface area (Å²) in [5.41, 5.74) is 5.41. The third kappa shape index (κ3) is 4.41. The summed E-state index contributed by atoms with van der Waals surface area (Å²) in [4.78, 5) is 26.0. The smallest absolute Gasteiger partial charge is 0.407 e. The summed E-state index contributed by atoms with van der Waals surface area (Å²) < 4.78 is 48.4. The summed E-state index contributed by atoms with van der Waals surface area (Å²) in [6, 6.07) is 9.96. The lowest BCUT2D eigenvalue weighted by molar-refractivity contribution is -0.0120. The zero-order valence-corrected chi connectivity index (χ0v) is 19.2. The van der Waals surface area contributed by atoms with Gasteiger partial charge in [-0.25, -0.2) is 18.0 Å². The van der Waals surface area contributed by atoms with E-state index < -0.39 is 42.5 Å². The van der Waals surface area contributed by atoms with Gasteiger partial charge in [-0.1, -0.05) is 35.9 Å². The fraction of sp³-hybridized carbons (Fsp3) is 0.250. The number of hydrogen-bond donors (Lipinski definition) is 2. The van der Waals surface area contributed by atoms with Crippen molar-refractivity contribution in [2.24, 2.45) is 0 Å². The Labute approximate surface area is 203 Å². The normalized spacial score (nSPS) is 16.1. The highest BCUT2D eigenvalue weighted by Crippen LogP contribution is 2.41. The molecule has 1 unspecified atom stereocenters. The highest BCUT2D eigenvalue weighted by Gasteiger charge is 2.39. The summed E-state index contributed by atoms with van der Waals surface area (Å²) in [6.45, 7) is -1.06. The molecule has 1 heterocycles. The van der Waals surface area contributed by atoms with Crippen molar-refractivity contribution in [3.8, 4) is 16.9 Å². The molecule has 0 bridgehead atoms. The Balaban J connectivity index is 1.79. The van der Waals surface area contributed by atoms with Crippen molar-refractivity contribution in [3.05, 3.63) is 58.9 Å². The topological polar surface area (TPSA) is 96.1 Å². The average molecular weight is 508 g/mol. The van der Waals surface area contributed by atoms with Gasteiger partial charge in [0.05, 0.1) is 29.9 Å². The Morgan fingerprint density at radius 3 is 2.57 bits per heavy atom. The number of carbonyl (C=O) groups is 2. The van der Waals surface area contributed by atoms with E-state index in [2.05, 4.69) is 0 Å². The summed E-state index contributed by atoms with van der Waals surface area (Å²) >= 11 is 6.44. The Morgan fingerprint density at radius 2 is 1.91 bits per heavy atom. The number of nitrogen functional groups attached to an aromatic ring is 1. The standard InChI is InChI=1S/C24H21ClF3N3O4/c1-35-13-8-12-4-2-3-5-14(12)15(9-13)19-17(25)10-16(21(29)20(19)26)23(32)31-7-6-30(24(33)34)11-18(31)22(27)28/h2-5,8-10,18,22H,6-7,11,29H2,1H3,(H,33,34). The molecule has 0 aliphatic carbocycles. The van der Waals surface area contributed by atoms with Crippen molar-refractivity contribution < 1.29 is 32.6 Å². The molecular weight excluding hydrogens is 487 g/mol. The van der Waals surface area contributed by atoms with Crippen LogP contribution >= 0.6 is 11.6 Å². The van der Waals surface area contributed by atoms with Gasteiger partial charge in [-0.2, -0.15) is 0 Å². The molecule has 4 rings (SSSR count). The van der Waals surface area contributed by atoms with E-state index in [1.54, 1.807) is 24.3 Å². The predicted octanol–water partition coefficient (Wildman–Crippen LogP) is 4.96. The van der Waals surface area contributed by atoms with Gasteiger partial charge in [-0.3, -0.25) is 4.79 Å². The number of piperazine rings is 1. The monoisotopic (exact) mass is 507 g/mol. The van der Waals surface area contributed by atoms with E-state index in [-0.39, 0.29) is 29.2 Å². The fourth-order valence-electron chi connectivity index (χ4n) is 4.27. The number of ether oxygens (including phenoxy) is 1. The number of nitrogens with zero attached hydrogens (tertiary/aromatic N) is 2. The molecule has 1 fully saturated rings. The van der Waals surface area contributed by atoms with Crippen molar-refractivity contribution in [1.82, 2.24) is 9.80 Å². The summed E-state index contributed by atoms with van der Waals surface area (Å²) in [5.74, 6) is -1.48. The summed E-state index contributed by atoms with van der Waals surface area (Å²) in [5, 5.41) is 10.4. The minimum Gasteiger partial charge on any atom is -0.497 e. The SMILES string of the molecule is COc1cc(-c2c(Cl)cc(C(=O)N3CCN(C(=O)O)CC3C(F)F)c(N)c2F)c2ccccc2c1. The second-order valence-corrected chi connectivity index (χ2v) is 8.44. The molecule has 0 radical (unpaired) electrons. The summed E-state index contributed by atoms with van der Waals surface area (Å²) in [6.07, 6.45) is -4.39. The molecule has 3 N–H and O–H groups in total. The lowest BCUT2D eigenvalue weighted by Gasteiger charge is -2.40. The third-order valence-corrected chi connectivity index (χ3v) is 6.37. The second-order valence-electron chi connectivity index (χ2n) is 8.03. The van der Waals surface area contributed by atoms with Crippen LogP contribution in [0.4, 0.5) is 23.7 Å². The minimum atomic E-state index is -3.02. The van der Waals surface area contributed by atoms with Crippen molar-refractivity contribution in [2.45, 2.75) is 12.5 Å². The lowest BCUT2D eigenvalue weighted by atomic mass is 9.95. The van der Waals surface area contributed by atoms with Crippen LogP contribution in [-0.4, -0.2) is 66.1 Å². The van der Waals surface area contributed by atoms with Gasteiger partial charge < -0.3 is 25.4 Å². The molecule has 1 aliphatic rings. The first-order chi connectivity index (χ1) is 16.6. The number of benzene rings is 3. The molecule has 0 spiro atoms. The molecule has 11 heteroatoms. The van der Waals surface area contributed by atoms with Crippen LogP contribution in [0.1, 0.15) is 10.4 Å². The van der Waals surface area contributed by atoms with Crippen LogP contribution in [-0.2, 0) is 0 Å². The van der Waals surface area contributed by atoms with Crippen LogP contribution in [0.15, 0.2) is 42.5 Å². The zero-order valence-electron chi connectivity index (χ0n) is 18.5. The molecule has 3 aromatic carbocycles. The number of methoxy groups -OCH3 is 1. The quantitative estimate of drug-likeness (QED) is 0.487. The minimum absolute atomic E-state index is 0.0584. The lowest BCUT2D eigenvalue weighted by Crippen LogP contribution is -2.59. The average Bonchev–Trinajstić information content (AvgIpc) is 2.85. The first-order valence-electron chi connectivity index (χ1n) is 10.6. The third-order valence-electron chi connectivity index (χ3n) is 6.07. The molecule has 184 valence electrons. The Bertz CT molecular complexity index is 1320. The number of amides is 2. The van der Waals surface area contributed by atoms with Gasteiger partial charge in [0.15, 0.2) is 5.82 Å². The van der Waals surface area contributed by atoms with Gasteiger partial charge in [0.1, 0.15) is 11.8 Å². The molecule has 1 saturated heterocycles. The van der Waals surface area contributed by atoms with Crippen molar-refractivity contribution >= 4 is 40.1 Å². The molecule has 7 nitrogen and oxygen atoms in total. The van der Waals surface area contributed by atoms with Crippen LogP contribution in [0.2, 0.25) is 5.02 Å². The number of alkyl halides is 2. The number of carboxylic acid groups (broad SMARTS) is 1. The van der Waals surface area contributed by atoms with Gasteiger partial charge in [-0.15, -0.1) is 0 Å². The van der Waals surface area contributed by atoms with Crippen LogP contribution < -0.4 is 10.5 Å². The molecule has 1 aliphatic heterocycles. The van der Waals surface area contributed by atoms with E-state index in [0.717, 1.165) is 21.3 Å². The Kier molecular flexibility index (Phi) is 6.66. The maximum absolute atomic E-state index is 15.7. The number of carbonyl (C=O) groups excluding carboxylic acids is 1. The van der Waals surface area contributed by atoms with Crippen LogP contribution in [0.5, 0.6) is 5.75 Å². The van der Waals surface area contributed by atoms with Gasteiger partial charge in [0.2, 0.25) is 0 Å². The molecule has 1 atom stereocenters. The number of hydrogen-bond acceptors (Lipinski definition) is 4. The van der Waals surface area contributed by atoms with E-state index in [9.17, 15) is 18.4 Å². The molecule has 0 saturated carbocycles. The Morgan fingerprint density at radius 1 is 1.20 bits per heavy atom. The van der Waals surface area contributed by atoms with E-state index in [1.807, 2.05) is 12.1 Å². The highest BCUT2D eigenvalue weighted by molar-refractivity contribution is 6.34. The van der Waals surface area contributed by atoms with Crippen LogP contribution in [0, 0.1) is 5.82 Å². The summed E-state index contributed by atoms with van der Waals surface area (Å²) in [7, 11) is 1.46. The van der Waals surface area contributed by atoms with Gasteiger partial charge in [-0.05, 0) is 34.5 Å². The number of nitrogens with two attached hydrogens (primary N) is 1. The fourth-order valence-corrected chi connectivity index (χ4v) is 4.57. The van der Waals surface area contributed by atoms with Crippen molar-refractivity contribution in [3.63, 3.8) is 0 Å².